The summed E-state index contributed by atoms with van der Waals surface area (Å²) in [6.07, 6.45) is 5.61. The number of hydrogen-bond donors (Lipinski definition) is 2. The molecule has 2 rings (SSSR count). The molecule has 21 heavy (non-hydrogen) atoms. The average Bonchev–Trinajstić information content (AvgIpc) is 2.53. The van der Waals surface area contributed by atoms with Crippen LogP contribution in [0.1, 0.15) is 24.2 Å². The first-order valence-corrected chi connectivity index (χ1v) is 6.92. The number of amides is 2. The first-order valence-electron chi connectivity index (χ1n) is 6.92. The molecular weight excluding hydrogens is 262 g/mol. The number of hydrogen-bond acceptors (Lipinski definition) is 2. The molecule has 2 N–H and O–H groups in total. The maximum absolute atomic E-state index is 11.8. The lowest BCUT2D eigenvalue weighted by molar-refractivity contribution is 0.238. The van der Waals surface area contributed by atoms with Gasteiger partial charge in [-0.1, -0.05) is 48.6 Å². The second-order valence-corrected chi connectivity index (χ2v) is 4.64. The zero-order valence-electron chi connectivity index (χ0n) is 12.0. The van der Waals surface area contributed by atoms with E-state index in [-0.39, 0.29) is 12.1 Å². The molecule has 1 heterocycles. The van der Waals surface area contributed by atoms with E-state index in [0.717, 1.165) is 11.3 Å². The van der Waals surface area contributed by atoms with Crippen LogP contribution in [0.4, 0.5) is 4.79 Å². The number of urea groups is 1. The molecule has 1 unspecified atom stereocenters. The highest BCUT2D eigenvalue weighted by molar-refractivity contribution is 5.74. The van der Waals surface area contributed by atoms with E-state index >= 15 is 0 Å². The fourth-order valence-corrected chi connectivity index (χ4v) is 1.86. The second-order valence-electron chi connectivity index (χ2n) is 4.64. The Bertz CT molecular complexity index is 581. The molecule has 0 saturated heterocycles. The minimum atomic E-state index is -0.203. The van der Waals surface area contributed by atoms with E-state index in [4.69, 9.17) is 0 Å². The van der Waals surface area contributed by atoms with Crippen molar-refractivity contribution in [2.24, 2.45) is 0 Å². The van der Waals surface area contributed by atoms with Crippen molar-refractivity contribution < 1.29 is 4.79 Å². The van der Waals surface area contributed by atoms with E-state index in [1.54, 1.807) is 6.20 Å². The van der Waals surface area contributed by atoms with Gasteiger partial charge in [-0.25, -0.2) is 4.79 Å². The summed E-state index contributed by atoms with van der Waals surface area (Å²) in [6, 6.07) is 15.3. The Morgan fingerprint density at radius 2 is 1.95 bits per heavy atom. The Morgan fingerprint density at radius 3 is 2.67 bits per heavy atom. The molecule has 1 aromatic carbocycles. The van der Waals surface area contributed by atoms with E-state index in [1.165, 1.54) is 0 Å². The number of nitrogens with zero attached hydrogens (tertiary/aromatic N) is 1. The number of carbonyl (C=O) groups is 1. The van der Waals surface area contributed by atoms with E-state index in [1.807, 2.05) is 67.6 Å². The molecule has 4 heteroatoms. The van der Waals surface area contributed by atoms with Gasteiger partial charge in [0.2, 0.25) is 0 Å². The molecular formula is C17H19N3O. The third-order valence-electron chi connectivity index (χ3n) is 2.97. The van der Waals surface area contributed by atoms with Gasteiger partial charge in [-0.2, -0.15) is 0 Å². The standard InChI is InChI=1S/C17H19N3O/c1-14(16-11-5-6-12-18-16)20-17(21)19-13-7-10-15-8-3-2-4-9-15/h2-12,14H,13H2,1H3,(H2,19,20,21). The van der Waals surface area contributed by atoms with Gasteiger partial charge in [0.15, 0.2) is 0 Å². The predicted molar refractivity (Wildman–Crippen MR) is 84.7 cm³/mol. The topological polar surface area (TPSA) is 54.0 Å². The second kappa shape index (κ2) is 7.85. The summed E-state index contributed by atoms with van der Waals surface area (Å²) in [5, 5.41) is 5.64. The van der Waals surface area contributed by atoms with Gasteiger partial charge in [0.1, 0.15) is 0 Å². The maximum atomic E-state index is 11.8. The van der Waals surface area contributed by atoms with Crippen LogP contribution in [0.15, 0.2) is 60.8 Å². The monoisotopic (exact) mass is 281 g/mol. The Kier molecular flexibility index (Phi) is 5.52. The van der Waals surface area contributed by atoms with Crippen LogP contribution >= 0.6 is 0 Å². The fourth-order valence-electron chi connectivity index (χ4n) is 1.86. The largest absolute Gasteiger partial charge is 0.335 e. The lowest BCUT2D eigenvalue weighted by Gasteiger charge is -2.13. The summed E-state index contributed by atoms with van der Waals surface area (Å²) < 4.78 is 0. The number of carbonyl (C=O) groups excluding carboxylic acids is 1. The van der Waals surface area contributed by atoms with Crippen LogP contribution in [0.5, 0.6) is 0 Å². The van der Waals surface area contributed by atoms with Gasteiger partial charge >= 0.3 is 6.03 Å². The molecule has 1 aromatic heterocycles. The number of pyridine rings is 1. The molecule has 0 spiro atoms. The van der Waals surface area contributed by atoms with Crippen molar-refractivity contribution in [2.75, 3.05) is 6.54 Å². The first-order chi connectivity index (χ1) is 10.3. The summed E-state index contributed by atoms with van der Waals surface area (Å²) in [5.74, 6) is 0. The number of aromatic nitrogens is 1. The fraction of sp³-hybridized carbons (Fsp3) is 0.176. The third-order valence-corrected chi connectivity index (χ3v) is 2.97. The molecule has 0 bridgehead atoms. The van der Waals surface area contributed by atoms with Crippen LogP contribution in [0.2, 0.25) is 0 Å². The minimum absolute atomic E-state index is 0.121. The predicted octanol–water partition coefficient (Wildman–Crippen LogP) is 3.16. The smallest absolute Gasteiger partial charge is 0.315 e. The Balaban J connectivity index is 1.74. The molecule has 0 aliphatic carbocycles. The van der Waals surface area contributed by atoms with Crippen molar-refractivity contribution in [3.05, 3.63) is 72.1 Å². The summed E-state index contributed by atoms with van der Waals surface area (Å²) in [5.41, 5.74) is 1.95. The molecule has 1 atom stereocenters. The van der Waals surface area contributed by atoms with Crippen LogP contribution in [0, 0.1) is 0 Å². The SMILES string of the molecule is CC(NC(=O)NCC=Cc1ccccc1)c1ccccn1. The number of benzene rings is 1. The van der Waals surface area contributed by atoms with Gasteiger partial charge in [0.05, 0.1) is 11.7 Å². The van der Waals surface area contributed by atoms with Crippen LogP contribution in [-0.4, -0.2) is 17.6 Å². The van der Waals surface area contributed by atoms with E-state index in [0.29, 0.717) is 6.54 Å². The van der Waals surface area contributed by atoms with Crippen molar-refractivity contribution in [1.29, 1.82) is 0 Å². The normalized spacial score (nSPS) is 12.0. The molecule has 4 nitrogen and oxygen atoms in total. The third kappa shape index (κ3) is 5.10. The van der Waals surface area contributed by atoms with Gasteiger partial charge in [-0.05, 0) is 24.6 Å². The molecule has 0 fully saturated rings. The Morgan fingerprint density at radius 1 is 1.19 bits per heavy atom. The Hall–Kier alpha value is -2.62. The van der Waals surface area contributed by atoms with Crippen LogP contribution in [0.3, 0.4) is 0 Å². The molecule has 0 aliphatic heterocycles. The van der Waals surface area contributed by atoms with Crippen LogP contribution in [-0.2, 0) is 0 Å². The van der Waals surface area contributed by atoms with Gasteiger partial charge in [-0.3, -0.25) is 4.98 Å². The van der Waals surface area contributed by atoms with Crippen molar-refractivity contribution in [3.63, 3.8) is 0 Å². The number of nitrogens with one attached hydrogen (secondary N) is 2. The molecule has 0 aliphatic rings. The summed E-state index contributed by atoms with van der Waals surface area (Å²) in [4.78, 5) is 16.0. The minimum Gasteiger partial charge on any atom is -0.335 e. The van der Waals surface area contributed by atoms with Crippen molar-refractivity contribution in [1.82, 2.24) is 15.6 Å². The first kappa shape index (κ1) is 14.8. The quantitative estimate of drug-likeness (QED) is 0.884. The molecule has 0 radical (unpaired) electrons. The van der Waals surface area contributed by atoms with Crippen molar-refractivity contribution in [2.45, 2.75) is 13.0 Å². The van der Waals surface area contributed by atoms with Crippen molar-refractivity contribution in [3.8, 4) is 0 Å². The lowest BCUT2D eigenvalue weighted by atomic mass is 10.2. The van der Waals surface area contributed by atoms with Gasteiger partial charge in [-0.15, -0.1) is 0 Å². The zero-order valence-corrected chi connectivity index (χ0v) is 12.0. The van der Waals surface area contributed by atoms with E-state index in [9.17, 15) is 4.79 Å². The Labute approximate surface area is 124 Å². The highest BCUT2D eigenvalue weighted by Crippen LogP contribution is 2.07. The van der Waals surface area contributed by atoms with Gasteiger partial charge in [0.25, 0.3) is 0 Å². The summed E-state index contributed by atoms with van der Waals surface area (Å²) >= 11 is 0. The van der Waals surface area contributed by atoms with Crippen LogP contribution in [0.25, 0.3) is 6.08 Å². The number of rotatable bonds is 5. The van der Waals surface area contributed by atoms with E-state index < -0.39 is 0 Å². The summed E-state index contributed by atoms with van der Waals surface area (Å²) in [6.45, 7) is 2.39. The van der Waals surface area contributed by atoms with Gasteiger partial charge in [0, 0.05) is 12.7 Å². The highest BCUT2D eigenvalue weighted by atomic mass is 16.2. The zero-order chi connectivity index (χ0) is 14.9. The van der Waals surface area contributed by atoms with Crippen LogP contribution < -0.4 is 10.6 Å². The molecule has 2 aromatic rings. The van der Waals surface area contributed by atoms with Crippen molar-refractivity contribution >= 4 is 12.1 Å². The summed E-state index contributed by atoms with van der Waals surface area (Å²) in [7, 11) is 0. The molecule has 2 amide bonds. The van der Waals surface area contributed by atoms with E-state index in [2.05, 4.69) is 15.6 Å². The molecule has 108 valence electrons. The van der Waals surface area contributed by atoms with Gasteiger partial charge < -0.3 is 10.6 Å². The highest BCUT2D eigenvalue weighted by Gasteiger charge is 2.08. The lowest BCUT2D eigenvalue weighted by Crippen LogP contribution is -2.37. The maximum Gasteiger partial charge on any atom is 0.315 e. The molecule has 0 saturated carbocycles. The average molecular weight is 281 g/mol.